The molecule has 0 N–H and O–H groups in total. The smallest absolute Gasteiger partial charge is 0.178 e. The van der Waals surface area contributed by atoms with Gasteiger partial charge in [0, 0.05) is 5.33 Å². The quantitative estimate of drug-likeness (QED) is 0.802. The maximum absolute atomic E-state index is 12.0. The van der Waals surface area contributed by atoms with Gasteiger partial charge < -0.3 is 0 Å². The monoisotopic (exact) mass is 304 g/mol. The Morgan fingerprint density at radius 2 is 1.62 bits per heavy atom. The van der Waals surface area contributed by atoms with Crippen LogP contribution in [0.15, 0.2) is 29.2 Å². The summed E-state index contributed by atoms with van der Waals surface area (Å²) in [6, 6.07) is 7.03. The summed E-state index contributed by atoms with van der Waals surface area (Å²) in [7, 11) is -3.16. The minimum atomic E-state index is -3.16. The molecular weight excluding hydrogens is 288 g/mol. The van der Waals surface area contributed by atoms with E-state index in [0.717, 1.165) is 10.9 Å². The van der Waals surface area contributed by atoms with E-state index < -0.39 is 9.84 Å². The lowest BCUT2D eigenvalue weighted by Gasteiger charge is -2.18. The topological polar surface area (TPSA) is 34.1 Å². The second kappa shape index (κ2) is 4.88. The van der Waals surface area contributed by atoms with Crippen molar-refractivity contribution in [2.24, 2.45) is 5.41 Å². The molecule has 0 saturated carbocycles. The van der Waals surface area contributed by atoms with Crippen LogP contribution in [-0.4, -0.2) is 14.2 Å². The van der Waals surface area contributed by atoms with Crippen molar-refractivity contribution in [1.82, 2.24) is 0 Å². The molecule has 0 bridgehead atoms. The molecule has 0 atom stereocenters. The molecule has 0 saturated heterocycles. The molecule has 16 heavy (non-hydrogen) atoms. The molecular formula is C12H17BrO2S. The Morgan fingerprint density at radius 1 is 1.12 bits per heavy atom. The van der Waals surface area contributed by atoms with Crippen LogP contribution in [0.3, 0.4) is 0 Å². The Hall–Kier alpha value is -0.350. The summed E-state index contributed by atoms with van der Waals surface area (Å²) in [5.41, 5.74) is 0.863. The molecule has 1 aromatic carbocycles. The van der Waals surface area contributed by atoms with Gasteiger partial charge in [-0.3, -0.25) is 0 Å². The normalized spacial score (nSPS) is 12.8. The number of alkyl halides is 1. The van der Waals surface area contributed by atoms with Crippen LogP contribution in [0.5, 0.6) is 0 Å². The average molecular weight is 305 g/mol. The summed E-state index contributed by atoms with van der Waals surface area (Å²) < 4.78 is 24.1. The zero-order valence-electron chi connectivity index (χ0n) is 9.83. The second-order valence-electron chi connectivity index (χ2n) is 5.10. The van der Waals surface area contributed by atoms with Crippen molar-refractivity contribution in [3.05, 3.63) is 29.8 Å². The van der Waals surface area contributed by atoms with Gasteiger partial charge in [-0.15, -0.1) is 0 Å². The van der Waals surface area contributed by atoms with Gasteiger partial charge in [0.05, 0.1) is 10.6 Å². The van der Waals surface area contributed by atoms with Gasteiger partial charge in [0.15, 0.2) is 9.84 Å². The van der Waals surface area contributed by atoms with E-state index in [4.69, 9.17) is 0 Å². The van der Waals surface area contributed by atoms with E-state index in [0.29, 0.717) is 4.90 Å². The van der Waals surface area contributed by atoms with E-state index in [2.05, 4.69) is 15.9 Å². The molecule has 0 fully saturated rings. The molecule has 90 valence electrons. The Kier molecular flexibility index (Phi) is 4.18. The van der Waals surface area contributed by atoms with E-state index in [1.165, 1.54) is 0 Å². The molecule has 0 aliphatic heterocycles. The predicted octanol–water partition coefficient (Wildman–Crippen LogP) is 3.40. The van der Waals surface area contributed by atoms with Gasteiger partial charge in [0.25, 0.3) is 0 Å². The van der Waals surface area contributed by atoms with Crippen LogP contribution in [-0.2, 0) is 15.2 Å². The summed E-state index contributed by atoms with van der Waals surface area (Å²) in [6.07, 6.45) is 0. The summed E-state index contributed by atoms with van der Waals surface area (Å²) in [5, 5.41) is 0.743. The summed E-state index contributed by atoms with van der Waals surface area (Å²) in [6.45, 7) is 5.78. The van der Waals surface area contributed by atoms with Gasteiger partial charge in [-0.1, -0.05) is 48.8 Å². The Labute approximate surface area is 106 Å². The van der Waals surface area contributed by atoms with Gasteiger partial charge in [-0.05, 0) is 23.1 Å². The fourth-order valence-corrected chi connectivity index (χ4v) is 3.67. The first-order valence-electron chi connectivity index (χ1n) is 5.12. The van der Waals surface area contributed by atoms with Gasteiger partial charge >= 0.3 is 0 Å². The van der Waals surface area contributed by atoms with Crippen LogP contribution in [0.1, 0.15) is 26.3 Å². The molecule has 1 aromatic rings. The van der Waals surface area contributed by atoms with Gasteiger partial charge in [0.2, 0.25) is 0 Å². The molecule has 0 aliphatic carbocycles. The number of hydrogen-bond acceptors (Lipinski definition) is 2. The SMILES string of the molecule is CC(C)(C)CS(=O)(=O)c1ccc(CBr)cc1. The van der Waals surface area contributed by atoms with Crippen molar-refractivity contribution >= 4 is 25.8 Å². The molecule has 0 radical (unpaired) electrons. The molecule has 4 heteroatoms. The van der Waals surface area contributed by atoms with Crippen LogP contribution in [0, 0.1) is 5.41 Å². The second-order valence-corrected chi connectivity index (χ2v) is 7.65. The molecule has 0 amide bonds. The first-order chi connectivity index (χ1) is 7.24. The first kappa shape index (κ1) is 13.7. The highest BCUT2D eigenvalue weighted by atomic mass is 79.9. The fourth-order valence-electron chi connectivity index (χ4n) is 1.44. The van der Waals surface area contributed by atoms with E-state index in [-0.39, 0.29) is 11.2 Å². The third-order valence-electron chi connectivity index (χ3n) is 2.06. The van der Waals surface area contributed by atoms with Gasteiger partial charge in [-0.25, -0.2) is 8.42 Å². The van der Waals surface area contributed by atoms with E-state index in [1.54, 1.807) is 12.1 Å². The van der Waals surface area contributed by atoms with Crippen molar-refractivity contribution in [2.45, 2.75) is 31.0 Å². The lowest BCUT2D eigenvalue weighted by molar-refractivity contribution is 0.462. The lowest BCUT2D eigenvalue weighted by atomic mass is 10.0. The molecule has 0 aromatic heterocycles. The number of halogens is 1. The van der Waals surface area contributed by atoms with Crippen LogP contribution in [0.2, 0.25) is 0 Å². The Morgan fingerprint density at radius 3 is 2.00 bits per heavy atom. The minimum Gasteiger partial charge on any atom is -0.224 e. The third kappa shape index (κ3) is 3.91. The number of benzene rings is 1. The predicted molar refractivity (Wildman–Crippen MR) is 70.6 cm³/mol. The molecule has 0 heterocycles. The molecule has 0 unspecified atom stereocenters. The number of rotatable bonds is 3. The lowest BCUT2D eigenvalue weighted by Crippen LogP contribution is -2.20. The van der Waals surface area contributed by atoms with E-state index in [1.807, 2.05) is 32.9 Å². The minimum absolute atomic E-state index is 0.174. The molecule has 1 rings (SSSR count). The van der Waals surface area contributed by atoms with Gasteiger partial charge in [-0.2, -0.15) is 0 Å². The zero-order valence-corrected chi connectivity index (χ0v) is 12.2. The van der Waals surface area contributed by atoms with Crippen molar-refractivity contribution in [1.29, 1.82) is 0 Å². The highest BCUT2D eigenvalue weighted by Crippen LogP contribution is 2.22. The largest absolute Gasteiger partial charge is 0.224 e. The van der Waals surface area contributed by atoms with E-state index in [9.17, 15) is 8.42 Å². The highest BCUT2D eigenvalue weighted by Gasteiger charge is 2.23. The Balaban J connectivity index is 2.99. The molecule has 0 aliphatic rings. The van der Waals surface area contributed by atoms with Crippen molar-refractivity contribution < 1.29 is 8.42 Å². The van der Waals surface area contributed by atoms with Crippen molar-refractivity contribution in [2.75, 3.05) is 5.75 Å². The third-order valence-corrected chi connectivity index (χ3v) is 4.94. The summed E-state index contributed by atoms with van der Waals surface area (Å²) in [4.78, 5) is 0.409. The average Bonchev–Trinajstić information content (AvgIpc) is 2.14. The highest BCUT2D eigenvalue weighted by molar-refractivity contribution is 9.08. The summed E-state index contributed by atoms with van der Waals surface area (Å²) >= 11 is 3.33. The number of hydrogen-bond donors (Lipinski definition) is 0. The maximum atomic E-state index is 12.0. The maximum Gasteiger partial charge on any atom is 0.178 e. The Bertz CT molecular complexity index is 441. The van der Waals surface area contributed by atoms with Crippen molar-refractivity contribution in [3.63, 3.8) is 0 Å². The van der Waals surface area contributed by atoms with Crippen LogP contribution in [0.4, 0.5) is 0 Å². The first-order valence-corrected chi connectivity index (χ1v) is 7.90. The van der Waals surface area contributed by atoms with Crippen molar-refractivity contribution in [3.8, 4) is 0 Å². The van der Waals surface area contributed by atoms with Crippen LogP contribution >= 0.6 is 15.9 Å². The summed E-state index contributed by atoms with van der Waals surface area (Å²) in [5.74, 6) is 0.174. The van der Waals surface area contributed by atoms with Crippen LogP contribution in [0.25, 0.3) is 0 Å². The van der Waals surface area contributed by atoms with Crippen LogP contribution < -0.4 is 0 Å². The van der Waals surface area contributed by atoms with E-state index >= 15 is 0 Å². The molecule has 2 nitrogen and oxygen atoms in total. The number of sulfone groups is 1. The fraction of sp³-hybridized carbons (Fsp3) is 0.500. The molecule has 0 spiro atoms. The standard InChI is InChI=1S/C12H17BrO2S/c1-12(2,3)9-16(14,15)11-6-4-10(8-13)5-7-11/h4-7H,8-9H2,1-3H3. The zero-order chi connectivity index (χ0) is 12.4. The van der Waals surface area contributed by atoms with Gasteiger partial charge in [0.1, 0.15) is 0 Å².